The summed E-state index contributed by atoms with van der Waals surface area (Å²) in [6, 6.07) is 27.2. The number of para-hydroxylation sites is 1. The second-order valence-corrected chi connectivity index (χ2v) is 7.28. The van der Waals surface area contributed by atoms with Crippen molar-refractivity contribution in [1.29, 1.82) is 0 Å². The van der Waals surface area contributed by atoms with E-state index in [1.54, 1.807) is 0 Å². The van der Waals surface area contributed by atoms with Crippen LogP contribution in [0.4, 0.5) is 0 Å². The van der Waals surface area contributed by atoms with Gasteiger partial charge in [0.15, 0.2) is 0 Å². The third-order valence-corrected chi connectivity index (χ3v) is 5.69. The fraction of sp³-hybridized carbons (Fsp3) is 0.0400. The van der Waals surface area contributed by atoms with Crippen LogP contribution in [-0.2, 0) is 0 Å². The Morgan fingerprint density at radius 1 is 0.704 bits per heavy atom. The predicted octanol–water partition coefficient (Wildman–Crippen LogP) is 6.52. The summed E-state index contributed by atoms with van der Waals surface area (Å²) in [5, 5.41) is 15.7. The topological polar surface area (TPSA) is 24.6 Å². The first-order chi connectivity index (χ1) is 13.2. The molecule has 6 aromatic rings. The van der Waals surface area contributed by atoms with Crippen molar-refractivity contribution >= 4 is 38.1 Å². The van der Waals surface area contributed by atoms with Gasteiger partial charge in [0.2, 0.25) is 0 Å². The van der Waals surface area contributed by atoms with E-state index in [9.17, 15) is 5.11 Å². The minimum absolute atomic E-state index is 0.357. The largest absolute Gasteiger partial charge is 0.507 e. The average molecular weight is 347 g/mol. The highest BCUT2D eigenvalue weighted by molar-refractivity contribution is 6.25. The normalized spacial score (nSPS) is 12.0. The Morgan fingerprint density at radius 3 is 2.37 bits per heavy atom. The molecule has 0 saturated heterocycles. The number of hydrogen-bond acceptors (Lipinski definition) is 1. The lowest BCUT2D eigenvalue weighted by atomic mass is 10.0. The van der Waals surface area contributed by atoms with E-state index in [1.807, 2.05) is 36.4 Å². The van der Waals surface area contributed by atoms with Crippen LogP contribution in [0.15, 0.2) is 78.9 Å². The van der Waals surface area contributed by atoms with Crippen LogP contribution >= 0.6 is 0 Å². The maximum Gasteiger partial charge on any atom is 0.133 e. The standard InChI is InChI=1S/C25H17NO/c1-15-10-11-18-19-8-5-9-20-23-21(26(24(19)20)22(18)14-15)13-12-17(25(23)27)16-6-3-2-4-7-16/h2-14,27H,1H3. The van der Waals surface area contributed by atoms with Crippen LogP contribution in [0.25, 0.3) is 49.2 Å². The molecule has 0 aliphatic rings. The average Bonchev–Trinajstić information content (AvgIpc) is 3.20. The zero-order valence-corrected chi connectivity index (χ0v) is 14.9. The van der Waals surface area contributed by atoms with Gasteiger partial charge in [0.1, 0.15) is 5.75 Å². The van der Waals surface area contributed by atoms with Crippen LogP contribution in [-0.4, -0.2) is 9.51 Å². The Kier molecular flexibility index (Phi) is 2.72. The number of benzene rings is 4. The van der Waals surface area contributed by atoms with Gasteiger partial charge in [0.05, 0.1) is 21.9 Å². The highest BCUT2D eigenvalue weighted by Gasteiger charge is 2.20. The molecule has 0 radical (unpaired) electrons. The molecule has 6 rings (SSSR count). The Bertz CT molecular complexity index is 1480. The third kappa shape index (κ3) is 1.79. The van der Waals surface area contributed by atoms with Crippen molar-refractivity contribution < 1.29 is 5.11 Å². The number of hydrogen-bond donors (Lipinski definition) is 1. The van der Waals surface area contributed by atoms with Crippen LogP contribution in [0, 0.1) is 6.92 Å². The molecule has 1 N–H and O–H groups in total. The lowest BCUT2D eigenvalue weighted by Gasteiger charge is -2.07. The van der Waals surface area contributed by atoms with Gasteiger partial charge in [-0.3, -0.25) is 0 Å². The fourth-order valence-electron chi connectivity index (χ4n) is 4.51. The van der Waals surface area contributed by atoms with Crippen molar-refractivity contribution in [1.82, 2.24) is 4.40 Å². The first-order valence-electron chi connectivity index (χ1n) is 9.20. The van der Waals surface area contributed by atoms with Crippen molar-refractivity contribution in [3.05, 3.63) is 84.4 Å². The van der Waals surface area contributed by atoms with Gasteiger partial charge in [-0.1, -0.05) is 60.7 Å². The molecular weight excluding hydrogens is 330 g/mol. The molecule has 0 aliphatic heterocycles. The molecule has 2 aromatic heterocycles. The number of aromatic nitrogens is 1. The van der Waals surface area contributed by atoms with Crippen LogP contribution in [0.2, 0.25) is 0 Å². The Morgan fingerprint density at radius 2 is 1.52 bits per heavy atom. The minimum Gasteiger partial charge on any atom is -0.507 e. The molecule has 2 heterocycles. The second-order valence-electron chi connectivity index (χ2n) is 7.28. The van der Waals surface area contributed by atoms with Crippen molar-refractivity contribution in [3.8, 4) is 16.9 Å². The molecule has 2 heteroatoms. The lowest BCUT2D eigenvalue weighted by molar-refractivity contribution is 0.484. The van der Waals surface area contributed by atoms with Crippen LogP contribution in [0.3, 0.4) is 0 Å². The predicted molar refractivity (Wildman–Crippen MR) is 113 cm³/mol. The number of phenols is 1. The van der Waals surface area contributed by atoms with E-state index in [0.717, 1.165) is 27.4 Å². The van der Waals surface area contributed by atoms with Gasteiger partial charge < -0.3 is 9.51 Å². The zero-order valence-electron chi connectivity index (χ0n) is 14.9. The summed E-state index contributed by atoms with van der Waals surface area (Å²) >= 11 is 0. The summed E-state index contributed by atoms with van der Waals surface area (Å²) in [4.78, 5) is 0. The van der Waals surface area contributed by atoms with E-state index in [0.29, 0.717) is 5.75 Å². The molecule has 4 aromatic carbocycles. The highest BCUT2D eigenvalue weighted by atomic mass is 16.3. The van der Waals surface area contributed by atoms with E-state index in [2.05, 4.69) is 53.8 Å². The first-order valence-corrected chi connectivity index (χ1v) is 9.20. The van der Waals surface area contributed by atoms with Gasteiger partial charge >= 0.3 is 0 Å². The Hall–Kier alpha value is -3.52. The number of nitrogens with zero attached hydrogens (tertiary/aromatic N) is 1. The smallest absolute Gasteiger partial charge is 0.133 e. The molecule has 27 heavy (non-hydrogen) atoms. The summed E-state index contributed by atoms with van der Waals surface area (Å²) in [5.74, 6) is 0.357. The second kappa shape index (κ2) is 5.01. The van der Waals surface area contributed by atoms with E-state index in [1.165, 1.54) is 27.4 Å². The molecule has 2 nitrogen and oxygen atoms in total. The Balaban J connectivity index is 1.86. The van der Waals surface area contributed by atoms with Crippen molar-refractivity contribution in [2.24, 2.45) is 0 Å². The summed E-state index contributed by atoms with van der Waals surface area (Å²) in [7, 11) is 0. The lowest BCUT2D eigenvalue weighted by Crippen LogP contribution is -1.84. The fourth-order valence-corrected chi connectivity index (χ4v) is 4.51. The molecule has 0 spiro atoms. The molecule has 0 aliphatic carbocycles. The third-order valence-electron chi connectivity index (χ3n) is 5.69. The first kappa shape index (κ1) is 14.6. The summed E-state index contributed by atoms with van der Waals surface area (Å²) in [6.45, 7) is 2.12. The molecule has 128 valence electrons. The quantitative estimate of drug-likeness (QED) is 0.360. The number of rotatable bonds is 1. The summed E-state index contributed by atoms with van der Waals surface area (Å²) < 4.78 is 2.30. The zero-order chi connectivity index (χ0) is 18.1. The van der Waals surface area contributed by atoms with Gasteiger partial charge in [0.25, 0.3) is 0 Å². The molecule has 0 saturated carbocycles. The maximum atomic E-state index is 11.2. The van der Waals surface area contributed by atoms with Gasteiger partial charge in [-0.25, -0.2) is 0 Å². The van der Waals surface area contributed by atoms with E-state index in [-0.39, 0.29) is 0 Å². The molecule has 0 atom stereocenters. The van der Waals surface area contributed by atoms with Gasteiger partial charge in [-0.05, 0) is 36.2 Å². The van der Waals surface area contributed by atoms with Gasteiger partial charge in [0, 0.05) is 21.7 Å². The highest BCUT2D eigenvalue weighted by Crippen LogP contribution is 2.45. The number of aryl methyl sites for hydroxylation is 1. The van der Waals surface area contributed by atoms with Crippen LogP contribution < -0.4 is 0 Å². The number of fused-ring (bicyclic) bond motifs is 6. The molecule has 0 unspecified atom stereocenters. The summed E-state index contributed by atoms with van der Waals surface area (Å²) in [5.41, 5.74) is 6.58. The van der Waals surface area contributed by atoms with E-state index < -0.39 is 0 Å². The number of aromatic hydroxyl groups is 1. The molecular formula is C25H17NO. The van der Waals surface area contributed by atoms with Gasteiger partial charge in [-0.15, -0.1) is 0 Å². The monoisotopic (exact) mass is 347 g/mol. The van der Waals surface area contributed by atoms with E-state index >= 15 is 0 Å². The molecule has 0 fully saturated rings. The van der Waals surface area contributed by atoms with Crippen molar-refractivity contribution in [2.75, 3.05) is 0 Å². The maximum absolute atomic E-state index is 11.2. The molecule has 0 bridgehead atoms. The number of phenolic OH excluding ortho intramolecular Hbond substituents is 1. The minimum atomic E-state index is 0.357. The SMILES string of the molecule is Cc1ccc2c3cccc4c5c(O)c(-c6ccccc6)ccc5n(c2c1)c34. The van der Waals surface area contributed by atoms with Crippen molar-refractivity contribution in [3.63, 3.8) is 0 Å². The van der Waals surface area contributed by atoms with Crippen LogP contribution in [0.1, 0.15) is 5.56 Å². The van der Waals surface area contributed by atoms with Gasteiger partial charge in [-0.2, -0.15) is 0 Å². The van der Waals surface area contributed by atoms with Crippen LogP contribution in [0.5, 0.6) is 5.75 Å². The molecule has 0 amide bonds. The summed E-state index contributed by atoms with van der Waals surface area (Å²) in [6.07, 6.45) is 0. The van der Waals surface area contributed by atoms with Crippen molar-refractivity contribution in [2.45, 2.75) is 6.92 Å². The van der Waals surface area contributed by atoms with E-state index in [4.69, 9.17) is 0 Å². The Labute approximate surface area is 156 Å².